The van der Waals surface area contributed by atoms with Crippen LogP contribution in [0.2, 0.25) is 0 Å². The van der Waals surface area contributed by atoms with Gasteiger partial charge in [-0.2, -0.15) is 0 Å². The molecule has 0 bridgehead atoms. The topological polar surface area (TPSA) is 55.3 Å². The molecule has 0 aliphatic carbocycles. The lowest BCUT2D eigenvalue weighted by Gasteiger charge is -2.27. The number of furan rings is 2. The van der Waals surface area contributed by atoms with E-state index in [1.54, 1.807) is 0 Å². The summed E-state index contributed by atoms with van der Waals surface area (Å²) in [6.07, 6.45) is 3.78. The molecule has 0 amide bonds. The third-order valence-corrected chi connectivity index (χ3v) is 9.10. The molecule has 0 unspecified atom stereocenters. The summed E-state index contributed by atoms with van der Waals surface area (Å²) < 4.78 is 12.9. The second-order valence-electron chi connectivity index (χ2n) is 11.9. The van der Waals surface area contributed by atoms with E-state index in [0.29, 0.717) is 5.58 Å². The first-order valence-electron chi connectivity index (χ1n) is 15.6. The van der Waals surface area contributed by atoms with Gasteiger partial charge in [0, 0.05) is 28.4 Å². The Morgan fingerprint density at radius 2 is 1.13 bits per heavy atom. The zero-order valence-corrected chi connectivity index (χ0v) is 25.1. The van der Waals surface area contributed by atoms with E-state index >= 15 is 0 Å². The maximum absolute atomic E-state index is 6.57. The molecule has 47 heavy (non-hydrogen) atoms. The van der Waals surface area contributed by atoms with Crippen LogP contribution in [0.15, 0.2) is 161 Å². The van der Waals surface area contributed by atoms with Crippen LogP contribution in [0.25, 0.3) is 76.8 Å². The van der Waals surface area contributed by atoms with E-state index in [0.717, 1.165) is 77.5 Å². The van der Waals surface area contributed by atoms with Crippen molar-refractivity contribution in [3.63, 3.8) is 0 Å². The molecule has 220 valence electrons. The highest BCUT2D eigenvalue weighted by Gasteiger charge is 2.24. The van der Waals surface area contributed by atoms with Gasteiger partial charge in [-0.25, -0.2) is 4.98 Å². The number of para-hydroxylation sites is 2. The first-order chi connectivity index (χ1) is 23.3. The summed E-state index contributed by atoms with van der Waals surface area (Å²) in [5.41, 5.74) is 9.66. The summed E-state index contributed by atoms with van der Waals surface area (Å²) in [5, 5.41) is 6.62. The molecule has 4 aromatic heterocycles. The summed E-state index contributed by atoms with van der Waals surface area (Å²) in [5.74, 6) is 0. The molecular weight excluding hydrogens is 578 g/mol. The van der Waals surface area contributed by atoms with E-state index < -0.39 is 0 Å². The zero-order chi connectivity index (χ0) is 30.9. The maximum Gasteiger partial charge on any atom is 0.177 e. The molecule has 4 heterocycles. The highest BCUT2D eigenvalue weighted by atomic mass is 16.3. The summed E-state index contributed by atoms with van der Waals surface area (Å²) in [7, 11) is 0. The molecule has 0 aliphatic rings. The van der Waals surface area contributed by atoms with E-state index in [9.17, 15) is 0 Å². The molecule has 0 atom stereocenters. The van der Waals surface area contributed by atoms with Crippen molar-refractivity contribution in [1.82, 2.24) is 9.97 Å². The molecule has 0 radical (unpaired) electrons. The molecule has 0 fully saturated rings. The van der Waals surface area contributed by atoms with E-state index in [1.165, 1.54) is 10.8 Å². The molecule has 10 aromatic rings. The largest absolute Gasteiger partial charge is 0.454 e. The van der Waals surface area contributed by atoms with Crippen molar-refractivity contribution >= 4 is 82.7 Å². The van der Waals surface area contributed by atoms with Crippen molar-refractivity contribution in [2.75, 3.05) is 4.90 Å². The lowest BCUT2D eigenvalue weighted by atomic mass is 9.96. The summed E-state index contributed by atoms with van der Waals surface area (Å²) in [6.45, 7) is 0. The van der Waals surface area contributed by atoms with Gasteiger partial charge in [-0.05, 0) is 75.8 Å². The second kappa shape index (κ2) is 10.0. The number of rotatable bonds is 4. The fraction of sp³-hybridized carbons (Fsp3) is 0. The Kier molecular flexibility index (Phi) is 5.51. The minimum atomic E-state index is 0.707. The highest BCUT2D eigenvalue weighted by molar-refractivity contribution is 6.11. The van der Waals surface area contributed by atoms with Crippen molar-refractivity contribution in [2.24, 2.45) is 0 Å². The summed E-state index contributed by atoms with van der Waals surface area (Å²) in [6, 6.07) is 48.4. The van der Waals surface area contributed by atoms with Crippen LogP contribution in [0.5, 0.6) is 0 Å². The lowest BCUT2D eigenvalue weighted by molar-refractivity contribution is 0.666. The van der Waals surface area contributed by atoms with Gasteiger partial charge in [-0.1, -0.05) is 84.9 Å². The van der Waals surface area contributed by atoms with Crippen LogP contribution in [0.3, 0.4) is 0 Å². The normalized spacial score (nSPS) is 11.8. The quantitative estimate of drug-likeness (QED) is 0.200. The van der Waals surface area contributed by atoms with E-state index in [-0.39, 0.29) is 0 Å². The average molecular weight is 604 g/mol. The number of anilines is 3. The second-order valence-corrected chi connectivity index (χ2v) is 11.9. The van der Waals surface area contributed by atoms with Crippen LogP contribution >= 0.6 is 0 Å². The molecule has 5 nitrogen and oxygen atoms in total. The lowest BCUT2D eigenvalue weighted by Crippen LogP contribution is -2.11. The van der Waals surface area contributed by atoms with Gasteiger partial charge in [0.05, 0.1) is 23.3 Å². The number of hydrogen-bond donors (Lipinski definition) is 0. The van der Waals surface area contributed by atoms with E-state index in [4.69, 9.17) is 18.8 Å². The molecule has 0 saturated heterocycles. The predicted molar refractivity (Wildman–Crippen MR) is 192 cm³/mol. The zero-order valence-electron chi connectivity index (χ0n) is 25.1. The minimum Gasteiger partial charge on any atom is -0.454 e. The molecule has 0 N–H and O–H groups in total. The van der Waals surface area contributed by atoms with E-state index in [1.807, 2.05) is 60.9 Å². The molecule has 0 saturated carbocycles. The number of aromatic nitrogens is 2. The molecule has 6 aromatic carbocycles. The fourth-order valence-corrected chi connectivity index (χ4v) is 6.89. The summed E-state index contributed by atoms with van der Waals surface area (Å²) >= 11 is 0. The Balaban J connectivity index is 1.28. The molecule has 5 heteroatoms. The Bertz CT molecular complexity index is 2830. The SMILES string of the molecule is c1ccc2cc(-c3cc(N(c4cnc5c(c4)oc4ccccc45)c4ccnc5c4oc4ccccc45)c4ccccc4c3)ccc2c1. The molecule has 10 rings (SSSR count). The van der Waals surface area contributed by atoms with Crippen molar-refractivity contribution in [1.29, 1.82) is 0 Å². The number of hydrogen-bond acceptors (Lipinski definition) is 5. The fourth-order valence-electron chi connectivity index (χ4n) is 6.89. The van der Waals surface area contributed by atoms with Crippen LogP contribution < -0.4 is 4.90 Å². The van der Waals surface area contributed by atoms with Crippen LogP contribution in [-0.2, 0) is 0 Å². The molecular formula is C42H25N3O2. The van der Waals surface area contributed by atoms with Crippen molar-refractivity contribution in [2.45, 2.75) is 0 Å². The number of benzene rings is 6. The van der Waals surface area contributed by atoms with Crippen molar-refractivity contribution in [3.8, 4) is 11.1 Å². The first kappa shape index (κ1) is 25.8. The maximum atomic E-state index is 6.57. The standard InChI is InChI=1S/C42H25N3O2/c1-2-10-27-21-28(18-17-26(27)9-1)30-22-29-11-3-4-12-32(29)36(23-30)45(31-24-39-40(44-25-31)33-13-5-7-15-37(33)46-39)35-19-20-43-41-34-14-6-8-16-38(34)47-42(35)41/h1-25H. The van der Waals surface area contributed by atoms with Crippen LogP contribution in [0, 0.1) is 0 Å². The van der Waals surface area contributed by atoms with Crippen LogP contribution in [-0.4, -0.2) is 9.97 Å². The summed E-state index contributed by atoms with van der Waals surface area (Å²) in [4.78, 5) is 12.0. The van der Waals surface area contributed by atoms with Gasteiger partial charge in [0.1, 0.15) is 22.2 Å². The van der Waals surface area contributed by atoms with Gasteiger partial charge < -0.3 is 13.7 Å². The predicted octanol–water partition coefficient (Wildman–Crippen LogP) is 11.7. The smallest absolute Gasteiger partial charge is 0.177 e. The molecule has 0 aliphatic heterocycles. The number of nitrogens with zero attached hydrogens (tertiary/aromatic N) is 3. The number of fused-ring (bicyclic) bond motifs is 8. The monoisotopic (exact) mass is 603 g/mol. The van der Waals surface area contributed by atoms with Gasteiger partial charge in [0.2, 0.25) is 0 Å². The number of pyridine rings is 2. The van der Waals surface area contributed by atoms with Crippen molar-refractivity contribution < 1.29 is 8.83 Å². The average Bonchev–Trinajstić information content (AvgIpc) is 3.70. The Hall–Kier alpha value is -6.46. The first-order valence-corrected chi connectivity index (χ1v) is 15.6. The van der Waals surface area contributed by atoms with Crippen LogP contribution in [0.4, 0.5) is 17.1 Å². The Morgan fingerprint density at radius 3 is 1.98 bits per heavy atom. The third kappa shape index (κ3) is 4.03. The molecule has 0 spiro atoms. The van der Waals surface area contributed by atoms with E-state index in [2.05, 4.69) is 95.9 Å². The van der Waals surface area contributed by atoms with Gasteiger partial charge in [0.15, 0.2) is 11.2 Å². The van der Waals surface area contributed by atoms with Crippen molar-refractivity contribution in [3.05, 3.63) is 152 Å². The van der Waals surface area contributed by atoms with Gasteiger partial charge in [0.25, 0.3) is 0 Å². The third-order valence-electron chi connectivity index (χ3n) is 9.10. The highest BCUT2D eigenvalue weighted by Crippen LogP contribution is 2.46. The Morgan fingerprint density at radius 1 is 0.447 bits per heavy atom. The Labute approximate surface area is 268 Å². The van der Waals surface area contributed by atoms with Gasteiger partial charge in [-0.15, -0.1) is 0 Å². The minimum absolute atomic E-state index is 0.707. The van der Waals surface area contributed by atoms with Crippen LogP contribution in [0.1, 0.15) is 0 Å². The van der Waals surface area contributed by atoms with Gasteiger partial charge >= 0.3 is 0 Å². The van der Waals surface area contributed by atoms with Gasteiger partial charge in [-0.3, -0.25) is 4.98 Å².